The van der Waals surface area contributed by atoms with Crippen LogP contribution in [-0.2, 0) is 6.61 Å². The smallest absolute Gasteiger partial charge is 0.260 e. The van der Waals surface area contributed by atoms with Gasteiger partial charge in [-0.3, -0.25) is 9.78 Å². The summed E-state index contributed by atoms with van der Waals surface area (Å²) in [7, 11) is 0. The molecule has 0 spiro atoms. The molecule has 6 N–H and O–H groups in total. The minimum absolute atomic E-state index is 0.250. The van der Waals surface area contributed by atoms with Crippen molar-refractivity contribution in [1.29, 1.82) is 0 Å². The molecule has 1 aromatic carbocycles. The summed E-state index contributed by atoms with van der Waals surface area (Å²) >= 11 is 1.30. The van der Waals surface area contributed by atoms with E-state index in [1.165, 1.54) is 11.3 Å². The van der Waals surface area contributed by atoms with Crippen molar-refractivity contribution in [3.63, 3.8) is 0 Å². The molecule has 4 rings (SSSR count). The zero-order chi connectivity index (χ0) is 19.7. The molecule has 7 nitrogen and oxygen atoms in total. The fourth-order valence-electron chi connectivity index (χ4n) is 3.48. The summed E-state index contributed by atoms with van der Waals surface area (Å²) < 4.78 is 7.00. The Labute approximate surface area is 167 Å². The number of hydrogen-bond donors (Lipinski definition) is 3. The Kier molecular flexibility index (Phi) is 5.06. The molecule has 2 aromatic heterocycles. The fourth-order valence-corrected chi connectivity index (χ4v) is 4.51. The number of aromatic nitrogens is 1. The Morgan fingerprint density at radius 1 is 1.32 bits per heavy atom. The number of pyridine rings is 1. The molecule has 1 aliphatic heterocycles. The SMILES string of the molecule is NC(=O)c1sc2cc(N3CCC(N)CC3)cc(OCc3cccnc3)c2c1N. The Bertz CT molecular complexity index is 997. The Hall–Kier alpha value is -2.84. The maximum absolute atomic E-state index is 11.8. The van der Waals surface area contributed by atoms with Crippen molar-refractivity contribution in [2.45, 2.75) is 25.5 Å². The maximum atomic E-state index is 11.8. The predicted molar refractivity (Wildman–Crippen MR) is 113 cm³/mol. The van der Waals surface area contributed by atoms with Crippen LogP contribution in [0.2, 0.25) is 0 Å². The van der Waals surface area contributed by atoms with Crippen LogP contribution in [0, 0.1) is 0 Å². The molecule has 28 heavy (non-hydrogen) atoms. The molecule has 1 aliphatic rings. The quantitative estimate of drug-likeness (QED) is 0.608. The van der Waals surface area contributed by atoms with Crippen LogP contribution in [0.15, 0.2) is 36.7 Å². The first-order valence-electron chi connectivity index (χ1n) is 9.21. The van der Waals surface area contributed by atoms with Gasteiger partial charge in [0.25, 0.3) is 5.91 Å². The molecule has 0 bridgehead atoms. The maximum Gasteiger partial charge on any atom is 0.260 e. The number of hydrogen-bond acceptors (Lipinski definition) is 7. The fraction of sp³-hybridized carbons (Fsp3) is 0.300. The number of primary amides is 1. The van der Waals surface area contributed by atoms with E-state index in [0.29, 0.717) is 22.9 Å². The van der Waals surface area contributed by atoms with Gasteiger partial charge in [0.05, 0.1) is 11.1 Å². The third-order valence-corrected chi connectivity index (χ3v) is 6.19. The van der Waals surface area contributed by atoms with Gasteiger partial charge in [0.1, 0.15) is 17.2 Å². The van der Waals surface area contributed by atoms with E-state index in [1.807, 2.05) is 18.2 Å². The van der Waals surface area contributed by atoms with Crippen LogP contribution >= 0.6 is 11.3 Å². The number of carbonyl (C=O) groups is 1. The van der Waals surface area contributed by atoms with Gasteiger partial charge < -0.3 is 26.8 Å². The van der Waals surface area contributed by atoms with E-state index >= 15 is 0 Å². The number of amides is 1. The number of anilines is 2. The number of nitrogens with zero attached hydrogens (tertiary/aromatic N) is 2. The number of carbonyl (C=O) groups excluding carboxylic acids is 1. The van der Waals surface area contributed by atoms with Crippen LogP contribution in [-0.4, -0.2) is 30.0 Å². The average molecular weight is 398 g/mol. The van der Waals surface area contributed by atoms with Crippen molar-refractivity contribution in [1.82, 2.24) is 4.98 Å². The van der Waals surface area contributed by atoms with Crippen LogP contribution in [0.5, 0.6) is 5.75 Å². The molecule has 0 saturated carbocycles. The van der Waals surface area contributed by atoms with Crippen molar-refractivity contribution in [3.05, 3.63) is 47.1 Å². The van der Waals surface area contributed by atoms with E-state index < -0.39 is 5.91 Å². The normalized spacial score (nSPS) is 15.1. The van der Waals surface area contributed by atoms with Crippen LogP contribution < -0.4 is 26.8 Å². The Morgan fingerprint density at radius 2 is 2.11 bits per heavy atom. The number of fused-ring (bicyclic) bond motifs is 1. The van der Waals surface area contributed by atoms with Gasteiger partial charge in [0.2, 0.25) is 0 Å². The van der Waals surface area contributed by atoms with Gasteiger partial charge >= 0.3 is 0 Å². The molecule has 0 atom stereocenters. The minimum atomic E-state index is -0.526. The first kappa shape index (κ1) is 18.5. The van der Waals surface area contributed by atoms with Gasteiger partial charge in [-0.25, -0.2) is 0 Å². The van der Waals surface area contributed by atoms with Gasteiger partial charge in [0.15, 0.2) is 0 Å². The van der Waals surface area contributed by atoms with Gasteiger partial charge in [-0.15, -0.1) is 11.3 Å². The lowest BCUT2D eigenvalue weighted by Crippen LogP contribution is -2.39. The third-order valence-electron chi connectivity index (χ3n) is 5.02. The zero-order valence-corrected chi connectivity index (χ0v) is 16.2. The summed E-state index contributed by atoms with van der Waals surface area (Å²) in [6.45, 7) is 2.13. The monoisotopic (exact) mass is 397 g/mol. The molecule has 1 fully saturated rings. The topological polar surface area (TPSA) is 120 Å². The first-order valence-corrected chi connectivity index (χ1v) is 10.0. The lowest BCUT2D eigenvalue weighted by Gasteiger charge is -2.32. The highest BCUT2D eigenvalue weighted by atomic mass is 32.1. The van der Waals surface area contributed by atoms with Crippen molar-refractivity contribution in [2.24, 2.45) is 11.5 Å². The van der Waals surface area contributed by atoms with Crippen molar-refractivity contribution >= 4 is 38.7 Å². The molecule has 1 saturated heterocycles. The minimum Gasteiger partial charge on any atom is -0.488 e. The van der Waals surface area contributed by atoms with E-state index in [9.17, 15) is 4.79 Å². The highest BCUT2D eigenvalue weighted by Gasteiger charge is 2.22. The molecular formula is C20H23N5O2S. The number of thiophene rings is 1. The summed E-state index contributed by atoms with van der Waals surface area (Å²) in [6, 6.07) is 8.11. The van der Waals surface area contributed by atoms with E-state index in [2.05, 4.69) is 16.0 Å². The van der Waals surface area contributed by atoms with Gasteiger partial charge in [-0.1, -0.05) is 6.07 Å². The van der Waals surface area contributed by atoms with Crippen molar-refractivity contribution in [2.75, 3.05) is 23.7 Å². The standard InChI is InChI=1S/C20H23N5O2S/c21-13-3-6-25(7-4-13)14-8-15(27-11-12-2-1-5-24-10-12)17-16(9-14)28-19(18(17)22)20(23)26/h1-2,5,8-10,13H,3-4,6-7,11,21-22H2,(H2,23,26). The second kappa shape index (κ2) is 7.65. The first-order chi connectivity index (χ1) is 13.5. The highest BCUT2D eigenvalue weighted by Crippen LogP contribution is 2.43. The summed E-state index contributed by atoms with van der Waals surface area (Å²) in [4.78, 5) is 18.6. The molecular weight excluding hydrogens is 374 g/mol. The van der Waals surface area contributed by atoms with Crippen LogP contribution in [0.25, 0.3) is 10.1 Å². The number of nitrogen functional groups attached to an aromatic ring is 1. The number of piperidine rings is 1. The van der Waals surface area contributed by atoms with Gasteiger partial charge in [0, 0.05) is 53.5 Å². The Balaban J connectivity index is 1.74. The molecule has 146 valence electrons. The second-order valence-corrected chi connectivity index (χ2v) is 8.05. The van der Waals surface area contributed by atoms with E-state index in [4.69, 9.17) is 21.9 Å². The van der Waals surface area contributed by atoms with E-state index in [0.717, 1.165) is 47.3 Å². The number of nitrogens with two attached hydrogens (primary N) is 3. The van der Waals surface area contributed by atoms with Crippen LogP contribution in [0.1, 0.15) is 28.1 Å². The third kappa shape index (κ3) is 3.61. The molecule has 8 heteroatoms. The van der Waals surface area contributed by atoms with E-state index in [1.54, 1.807) is 12.4 Å². The van der Waals surface area contributed by atoms with Crippen molar-refractivity contribution in [3.8, 4) is 5.75 Å². The number of benzene rings is 1. The lowest BCUT2D eigenvalue weighted by molar-refractivity contribution is 0.100. The lowest BCUT2D eigenvalue weighted by atomic mass is 10.0. The largest absolute Gasteiger partial charge is 0.488 e. The zero-order valence-electron chi connectivity index (χ0n) is 15.4. The molecule has 3 aromatic rings. The number of ether oxygens (including phenoxy) is 1. The highest BCUT2D eigenvalue weighted by molar-refractivity contribution is 7.21. The summed E-state index contributed by atoms with van der Waals surface area (Å²) in [5, 5.41) is 0.736. The van der Waals surface area contributed by atoms with E-state index in [-0.39, 0.29) is 6.04 Å². The Morgan fingerprint density at radius 3 is 2.79 bits per heavy atom. The predicted octanol–water partition coefficient (Wildman–Crippen LogP) is 2.48. The summed E-state index contributed by atoms with van der Waals surface area (Å²) in [5.41, 5.74) is 20.2. The number of rotatable bonds is 5. The second-order valence-electron chi connectivity index (χ2n) is 7.00. The van der Waals surface area contributed by atoms with Crippen LogP contribution in [0.3, 0.4) is 0 Å². The summed E-state index contributed by atoms with van der Waals surface area (Å²) in [6.07, 6.45) is 5.38. The molecule has 3 heterocycles. The molecule has 0 unspecified atom stereocenters. The van der Waals surface area contributed by atoms with Crippen LogP contribution in [0.4, 0.5) is 11.4 Å². The molecule has 0 radical (unpaired) electrons. The van der Waals surface area contributed by atoms with Crippen molar-refractivity contribution < 1.29 is 9.53 Å². The van der Waals surface area contributed by atoms with Gasteiger partial charge in [-0.05, 0) is 25.0 Å². The summed E-state index contributed by atoms with van der Waals surface area (Å²) in [5.74, 6) is 0.120. The molecule has 1 amide bonds. The average Bonchev–Trinajstić information content (AvgIpc) is 3.04. The molecule has 0 aliphatic carbocycles. The van der Waals surface area contributed by atoms with Gasteiger partial charge in [-0.2, -0.15) is 0 Å².